The molecule has 0 heterocycles. The van der Waals surface area contributed by atoms with Gasteiger partial charge in [-0.1, -0.05) is 60.1 Å². The second-order valence-corrected chi connectivity index (χ2v) is 6.73. The molecule has 0 aromatic heterocycles. The molecule has 0 aliphatic carbocycles. The summed E-state index contributed by atoms with van der Waals surface area (Å²) in [5.74, 6) is 0. The van der Waals surface area contributed by atoms with E-state index in [0.29, 0.717) is 0 Å². The molecule has 2 N–H and O–H groups in total. The lowest BCUT2D eigenvalue weighted by molar-refractivity contribution is 0.408. The molecule has 0 aliphatic heterocycles. The molecule has 1 aromatic rings. The molecule has 114 valence electrons. The van der Waals surface area contributed by atoms with Crippen LogP contribution >= 0.6 is 0 Å². The molecule has 0 spiro atoms. The maximum absolute atomic E-state index is 6.29. The van der Waals surface area contributed by atoms with Crippen molar-refractivity contribution in [2.24, 2.45) is 0 Å². The van der Waals surface area contributed by atoms with E-state index in [1.807, 2.05) is 0 Å². The number of rotatable bonds is 7. The van der Waals surface area contributed by atoms with Crippen LogP contribution in [0.4, 0.5) is 5.69 Å². The van der Waals surface area contributed by atoms with Gasteiger partial charge in [-0.05, 0) is 53.7 Å². The number of hydrogen-bond acceptors (Lipinski definition) is 1. The van der Waals surface area contributed by atoms with Crippen molar-refractivity contribution in [2.75, 3.05) is 5.73 Å². The quantitative estimate of drug-likeness (QED) is 0.624. The fraction of sp³-hybridized carbons (Fsp3) is 0.684. The third kappa shape index (κ3) is 3.19. The molecule has 0 saturated heterocycles. The van der Waals surface area contributed by atoms with Crippen LogP contribution < -0.4 is 5.73 Å². The Morgan fingerprint density at radius 2 is 1.45 bits per heavy atom. The molecule has 0 radical (unpaired) electrons. The average molecular weight is 275 g/mol. The van der Waals surface area contributed by atoms with E-state index in [0.717, 1.165) is 18.5 Å². The zero-order valence-electron chi connectivity index (χ0n) is 14.3. The van der Waals surface area contributed by atoms with Gasteiger partial charge >= 0.3 is 0 Å². The van der Waals surface area contributed by atoms with Gasteiger partial charge in [0.05, 0.1) is 0 Å². The van der Waals surface area contributed by atoms with E-state index in [2.05, 4.69) is 59.7 Å². The molecule has 1 unspecified atom stereocenters. The zero-order chi connectivity index (χ0) is 15.4. The van der Waals surface area contributed by atoms with E-state index in [1.165, 1.54) is 30.4 Å². The first-order valence-corrected chi connectivity index (χ1v) is 8.27. The highest BCUT2D eigenvalue weighted by Gasteiger charge is 2.29. The van der Waals surface area contributed by atoms with Gasteiger partial charge in [-0.25, -0.2) is 0 Å². The molecule has 1 nitrogen and oxygen atoms in total. The lowest BCUT2D eigenvalue weighted by Gasteiger charge is -2.33. The van der Waals surface area contributed by atoms with Gasteiger partial charge < -0.3 is 5.73 Å². The zero-order valence-corrected chi connectivity index (χ0v) is 14.3. The van der Waals surface area contributed by atoms with E-state index < -0.39 is 0 Å². The lowest BCUT2D eigenvalue weighted by atomic mass is 9.72. The minimum Gasteiger partial charge on any atom is -0.398 e. The summed E-state index contributed by atoms with van der Waals surface area (Å²) in [5, 5.41) is 0. The maximum Gasteiger partial charge on any atom is 0.0352 e. The molecule has 1 rings (SSSR count). The standard InChI is InChI=1S/C19H33N/c1-7-13-19(6,10-4)15-11-12-17(20)16(14-15)18(5,8-2)9-3/h11-12,14H,7-10,13,20H2,1-6H3. The second-order valence-electron chi connectivity index (χ2n) is 6.73. The number of benzene rings is 1. The number of nitrogen functional groups attached to an aromatic ring is 1. The van der Waals surface area contributed by atoms with Crippen molar-refractivity contribution in [3.8, 4) is 0 Å². The molecule has 0 fully saturated rings. The lowest BCUT2D eigenvalue weighted by Crippen LogP contribution is -2.25. The highest BCUT2D eigenvalue weighted by molar-refractivity contribution is 5.53. The Bertz CT molecular complexity index is 431. The topological polar surface area (TPSA) is 26.0 Å². The molecule has 1 aromatic carbocycles. The Balaban J connectivity index is 3.34. The van der Waals surface area contributed by atoms with Gasteiger partial charge in [0.25, 0.3) is 0 Å². The van der Waals surface area contributed by atoms with Crippen molar-refractivity contribution in [1.82, 2.24) is 0 Å². The molecule has 1 atom stereocenters. The van der Waals surface area contributed by atoms with Crippen LogP contribution in [0.3, 0.4) is 0 Å². The van der Waals surface area contributed by atoms with Crippen LogP contribution in [0.15, 0.2) is 18.2 Å². The predicted molar refractivity (Wildman–Crippen MR) is 91.3 cm³/mol. The van der Waals surface area contributed by atoms with Crippen molar-refractivity contribution in [1.29, 1.82) is 0 Å². The Hall–Kier alpha value is -0.980. The van der Waals surface area contributed by atoms with E-state index in [1.54, 1.807) is 0 Å². The molecular weight excluding hydrogens is 242 g/mol. The summed E-state index contributed by atoms with van der Waals surface area (Å²) in [4.78, 5) is 0. The fourth-order valence-corrected chi connectivity index (χ4v) is 3.16. The predicted octanol–water partition coefficient (Wildman–Crippen LogP) is 5.81. The molecule has 0 bridgehead atoms. The van der Waals surface area contributed by atoms with E-state index in [-0.39, 0.29) is 10.8 Å². The van der Waals surface area contributed by atoms with Gasteiger partial charge in [-0.15, -0.1) is 0 Å². The van der Waals surface area contributed by atoms with Gasteiger partial charge in [0.1, 0.15) is 0 Å². The minimum absolute atomic E-state index is 0.195. The van der Waals surface area contributed by atoms with Gasteiger partial charge in [0, 0.05) is 5.69 Å². The van der Waals surface area contributed by atoms with Crippen molar-refractivity contribution in [3.05, 3.63) is 29.3 Å². The number of nitrogens with two attached hydrogens (primary N) is 1. The van der Waals surface area contributed by atoms with Crippen molar-refractivity contribution >= 4 is 5.69 Å². The Kier molecular flexibility index (Phi) is 5.68. The van der Waals surface area contributed by atoms with Gasteiger partial charge in [-0.3, -0.25) is 0 Å². The first-order valence-electron chi connectivity index (χ1n) is 8.27. The summed E-state index contributed by atoms with van der Waals surface area (Å²) in [5.41, 5.74) is 10.5. The first kappa shape index (κ1) is 17.1. The van der Waals surface area contributed by atoms with Crippen molar-refractivity contribution in [3.63, 3.8) is 0 Å². The van der Waals surface area contributed by atoms with Crippen LogP contribution in [0.25, 0.3) is 0 Å². The van der Waals surface area contributed by atoms with Crippen molar-refractivity contribution in [2.45, 2.75) is 84.5 Å². The summed E-state index contributed by atoms with van der Waals surface area (Å²) in [6, 6.07) is 6.75. The molecular formula is C19H33N. The number of anilines is 1. The minimum atomic E-state index is 0.195. The van der Waals surface area contributed by atoms with Crippen LogP contribution in [0.5, 0.6) is 0 Å². The Morgan fingerprint density at radius 1 is 0.900 bits per heavy atom. The van der Waals surface area contributed by atoms with E-state index in [4.69, 9.17) is 5.73 Å². The van der Waals surface area contributed by atoms with Crippen LogP contribution in [-0.2, 0) is 10.8 Å². The van der Waals surface area contributed by atoms with E-state index >= 15 is 0 Å². The molecule has 0 amide bonds. The third-order valence-electron chi connectivity index (χ3n) is 5.54. The Labute approximate surface area is 126 Å². The molecule has 20 heavy (non-hydrogen) atoms. The summed E-state index contributed by atoms with van der Waals surface area (Å²) >= 11 is 0. The Morgan fingerprint density at radius 3 is 1.90 bits per heavy atom. The highest BCUT2D eigenvalue weighted by atomic mass is 14.6. The smallest absolute Gasteiger partial charge is 0.0352 e. The SMILES string of the molecule is CCCC(C)(CC)c1ccc(N)c(C(C)(CC)CC)c1. The summed E-state index contributed by atoms with van der Waals surface area (Å²) in [6.07, 6.45) is 5.91. The van der Waals surface area contributed by atoms with Crippen LogP contribution in [0.2, 0.25) is 0 Å². The second kappa shape index (κ2) is 6.65. The number of hydrogen-bond donors (Lipinski definition) is 1. The van der Waals surface area contributed by atoms with Crippen LogP contribution in [0.1, 0.15) is 84.8 Å². The maximum atomic E-state index is 6.29. The normalized spacial score (nSPS) is 15.1. The highest BCUT2D eigenvalue weighted by Crippen LogP contribution is 2.39. The average Bonchev–Trinajstić information content (AvgIpc) is 2.47. The molecule has 1 heteroatoms. The van der Waals surface area contributed by atoms with Crippen molar-refractivity contribution < 1.29 is 0 Å². The van der Waals surface area contributed by atoms with E-state index in [9.17, 15) is 0 Å². The monoisotopic (exact) mass is 275 g/mol. The van der Waals surface area contributed by atoms with Gasteiger partial charge in [-0.2, -0.15) is 0 Å². The summed E-state index contributed by atoms with van der Waals surface area (Å²) < 4.78 is 0. The largest absolute Gasteiger partial charge is 0.398 e. The summed E-state index contributed by atoms with van der Waals surface area (Å²) in [6.45, 7) is 13.8. The molecule has 0 saturated carbocycles. The summed E-state index contributed by atoms with van der Waals surface area (Å²) in [7, 11) is 0. The van der Waals surface area contributed by atoms with Gasteiger partial charge in [0.15, 0.2) is 0 Å². The molecule has 0 aliphatic rings. The van der Waals surface area contributed by atoms with Gasteiger partial charge in [0.2, 0.25) is 0 Å². The van der Waals surface area contributed by atoms with Crippen LogP contribution in [-0.4, -0.2) is 0 Å². The first-order chi connectivity index (χ1) is 9.36. The third-order valence-corrected chi connectivity index (χ3v) is 5.54. The van der Waals surface area contributed by atoms with Crippen LogP contribution in [0, 0.1) is 0 Å². The fourth-order valence-electron chi connectivity index (χ4n) is 3.16.